The molecule has 2 aromatic heterocycles. The summed E-state index contributed by atoms with van der Waals surface area (Å²) in [7, 11) is 0. The van der Waals surface area contributed by atoms with Crippen molar-refractivity contribution >= 4 is 16.9 Å². The van der Waals surface area contributed by atoms with E-state index in [0.717, 1.165) is 41.4 Å². The van der Waals surface area contributed by atoms with Gasteiger partial charge in [-0.25, -0.2) is 9.78 Å². The predicted octanol–water partition coefficient (Wildman–Crippen LogP) is 2.13. The zero-order valence-electron chi connectivity index (χ0n) is 18.1. The first kappa shape index (κ1) is 20.2. The quantitative estimate of drug-likeness (QED) is 0.352. The second kappa shape index (κ2) is 7.57. The number of aliphatic hydroxyl groups is 1. The van der Waals surface area contributed by atoms with Gasteiger partial charge in [-0.3, -0.25) is 4.79 Å². The number of hydrogen-bond acceptors (Lipinski definition) is 8. The molecule has 170 valence electrons. The molecule has 2 N–H and O–H groups in total. The van der Waals surface area contributed by atoms with Gasteiger partial charge in [0.15, 0.2) is 17.6 Å². The predicted molar refractivity (Wildman–Crippen MR) is 118 cm³/mol. The van der Waals surface area contributed by atoms with Crippen molar-refractivity contribution in [3.05, 3.63) is 50.8 Å². The zero-order valence-corrected chi connectivity index (χ0v) is 18.1. The number of rotatable bonds is 5. The van der Waals surface area contributed by atoms with Crippen molar-refractivity contribution in [3.63, 3.8) is 0 Å². The Balaban J connectivity index is 1.55. The lowest BCUT2D eigenvalue weighted by molar-refractivity contribution is -0.157. The highest BCUT2D eigenvalue weighted by atomic mass is 16.7. The fourth-order valence-electron chi connectivity index (χ4n) is 4.82. The number of fused-ring (bicyclic) bond motifs is 6. The summed E-state index contributed by atoms with van der Waals surface area (Å²) in [6, 6.07) is 5.52. The fourth-order valence-corrected chi connectivity index (χ4v) is 4.82. The molecule has 1 atom stereocenters. The van der Waals surface area contributed by atoms with Gasteiger partial charge in [0.1, 0.15) is 6.61 Å². The van der Waals surface area contributed by atoms with Crippen LogP contribution in [0.3, 0.4) is 0 Å². The Bertz CT molecular complexity index is 1380. The summed E-state index contributed by atoms with van der Waals surface area (Å²) < 4.78 is 17.8. The largest absolute Gasteiger partial charge is 0.458 e. The molecule has 9 nitrogen and oxygen atoms in total. The third kappa shape index (κ3) is 3.03. The van der Waals surface area contributed by atoms with Crippen molar-refractivity contribution in [2.75, 3.05) is 13.3 Å². The van der Waals surface area contributed by atoms with Crippen LogP contribution in [0.25, 0.3) is 22.3 Å². The van der Waals surface area contributed by atoms with Gasteiger partial charge in [0, 0.05) is 29.1 Å². The molecule has 0 fully saturated rings. The number of ether oxygens (including phenoxy) is 3. The standard InChI is InChI=1S/C24H23N3O6/c1-2-3-4-25-8-14-12-6-19-20(33-11-32-19)7-17(12)26-21-15(14)9-27-18(21)5-13-16(23(27)29)10-31-24(30)22(13)28/h5-7,22,25,28H,2-4,8-11H2,1H3. The van der Waals surface area contributed by atoms with E-state index in [-0.39, 0.29) is 19.0 Å². The van der Waals surface area contributed by atoms with E-state index in [4.69, 9.17) is 19.2 Å². The molecular weight excluding hydrogens is 426 g/mol. The van der Waals surface area contributed by atoms with Crippen molar-refractivity contribution in [1.82, 2.24) is 14.9 Å². The summed E-state index contributed by atoms with van der Waals surface area (Å²) >= 11 is 0. The van der Waals surface area contributed by atoms with Crippen molar-refractivity contribution in [1.29, 1.82) is 0 Å². The second-order valence-corrected chi connectivity index (χ2v) is 8.54. The summed E-state index contributed by atoms with van der Waals surface area (Å²) in [5.41, 5.74) is 4.36. The van der Waals surface area contributed by atoms with Crippen LogP contribution in [0, 0.1) is 0 Å². The summed E-state index contributed by atoms with van der Waals surface area (Å²) in [5, 5.41) is 14.8. The minimum absolute atomic E-state index is 0.136. The maximum atomic E-state index is 13.3. The number of nitrogens with one attached hydrogen (secondary N) is 1. The number of carbonyl (C=O) groups is 1. The van der Waals surface area contributed by atoms with Crippen LogP contribution in [-0.4, -0.2) is 34.0 Å². The van der Waals surface area contributed by atoms with Gasteiger partial charge in [-0.05, 0) is 30.7 Å². The topological polar surface area (TPSA) is 112 Å². The SMILES string of the molecule is CCCCNCc1c2c(nc3cc4c(cc13)OCO4)-c1cc3c(c(=O)n1C2)COC(=O)C3O. The van der Waals surface area contributed by atoms with Crippen LogP contribution in [0.15, 0.2) is 23.0 Å². The fraction of sp³-hybridized carbons (Fsp3) is 0.375. The smallest absolute Gasteiger partial charge is 0.340 e. The van der Waals surface area contributed by atoms with E-state index in [9.17, 15) is 14.7 Å². The molecule has 3 aliphatic rings. The van der Waals surface area contributed by atoms with E-state index in [1.165, 1.54) is 0 Å². The summed E-state index contributed by atoms with van der Waals surface area (Å²) in [6.07, 6.45) is 0.688. The van der Waals surface area contributed by atoms with Gasteiger partial charge in [-0.1, -0.05) is 13.3 Å². The molecule has 3 aromatic rings. The lowest BCUT2D eigenvalue weighted by atomic mass is 9.98. The molecule has 33 heavy (non-hydrogen) atoms. The highest BCUT2D eigenvalue weighted by Gasteiger charge is 2.35. The van der Waals surface area contributed by atoms with Crippen LogP contribution < -0.4 is 20.3 Å². The molecule has 0 saturated heterocycles. The molecule has 0 radical (unpaired) electrons. The van der Waals surface area contributed by atoms with Crippen molar-refractivity contribution in [2.45, 2.75) is 45.6 Å². The minimum Gasteiger partial charge on any atom is -0.458 e. The Hall–Kier alpha value is -3.43. The van der Waals surface area contributed by atoms with Crippen LogP contribution in [-0.2, 0) is 29.2 Å². The Labute approximate surface area is 188 Å². The highest BCUT2D eigenvalue weighted by Crippen LogP contribution is 2.42. The molecule has 1 aromatic carbocycles. The molecular formula is C24H23N3O6. The van der Waals surface area contributed by atoms with Crippen LogP contribution in [0.4, 0.5) is 0 Å². The normalized spacial score (nSPS) is 17.6. The number of esters is 1. The molecule has 0 saturated carbocycles. The lowest BCUT2D eigenvalue weighted by Gasteiger charge is -2.21. The zero-order chi connectivity index (χ0) is 22.7. The third-order valence-corrected chi connectivity index (χ3v) is 6.58. The van der Waals surface area contributed by atoms with Crippen LogP contribution >= 0.6 is 0 Å². The van der Waals surface area contributed by atoms with Gasteiger partial charge in [-0.2, -0.15) is 0 Å². The van der Waals surface area contributed by atoms with Gasteiger partial charge in [0.2, 0.25) is 6.79 Å². The van der Waals surface area contributed by atoms with Gasteiger partial charge in [0.05, 0.1) is 29.0 Å². The number of unbranched alkanes of at least 4 members (excludes halogenated alkanes) is 1. The first-order valence-electron chi connectivity index (χ1n) is 11.1. The number of nitrogens with zero attached hydrogens (tertiary/aromatic N) is 2. The molecule has 0 amide bonds. The van der Waals surface area contributed by atoms with Crippen molar-refractivity contribution in [2.24, 2.45) is 0 Å². The number of pyridine rings is 2. The van der Waals surface area contributed by atoms with E-state index in [1.807, 2.05) is 12.1 Å². The average molecular weight is 449 g/mol. The Morgan fingerprint density at radius 1 is 1.15 bits per heavy atom. The number of aromatic nitrogens is 2. The number of hydrogen-bond donors (Lipinski definition) is 2. The summed E-state index contributed by atoms with van der Waals surface area (Å²) in [5.74, 6) is 0.574. The first-order chi connectivity index (χ1) is 16.1. The monoisotopic (exact) mass is 449 g/mol. The van der Waals surface area contributed by atoms with Gasteiger partial charge < -0.3 is 29.2 Å². The highest BCUT2D eigenvalue weighted by molar-refractivity contribution is 5.91. The molecule has 6 rings (SSSR count). The third-order valence-electron chi connectivity index (χ3n) is 6.58. The van der Waals surface area contributed by atoms with E-state index in [0.29, 0.717) is 47.1 Å². The minimum atomic E-state index is -1.47. The van der Waals surface area contributed by atoms with Gasteiger partial charge in [0.25, 0.3) is 5.56 Å². The van der Waals surface area contributed by atoms with E-state index in [1.54, 1.807) is 10.6 Å². The summed E-state index contributed by atoms with van der Waals surface area (Å²) in [6.45, 7) is 4.05. The van der Waals surface area contributed by atoms with Crippen LogP contribution in [0.2, 0.25) is 0 Å². The maximum Gasteiger partial charge on any atom is 0.340 e. The number of aliphatic hydroxyl groups excluding tert-OH is 1. The first-order valence-corrected chi connectivity index (χ1v) is 11.1. The number of cyclic esters (lactones) is 1. The Kier molecular flexibility index (Phi) is 4.63. The van der Waals surface area contributed by atoms with Crippen molar-refractivity contribution in [3.8, 4) is 22.9 Å². The van der Waals surface area contributed by atoms with Crippen LogP contribution in [0.1, 0.15) is 48.1 Å². The van der Waals surface area contributed by atoms with Crippen LogP contribution in [0.5, 0.6) is 11.5 Å². The average Bonchev–Trinajstić information content (AvgIpc) is 3.42. The van der Waals surface area contributed by atoms with E-state index < -0.39 is 12.1 Å². The van der Waals surface area contributed by atoms with Gasteiger partial charge in [-0.15, -0.1) is 0 Å². The van der Waals surface area contributed by atoms with Gasteiger partial charge >= 0.3 is 5.97 Å². The van der Waals surface area contributed by atoms with Crippen molar-refractivity contribution < 1.29 is 24.1 Å². The number of benzene rings is 1. The Morgan fingerprint density at radius 2 is 1.97 bits per heavy atom. The number of carbonyl (C=O) groups excluding carboxylic acids is 1. The molecule has 1 unspecified atom stereocenters. The molecule has 3 aliphatic heterocycles. The molecule has 0 aliphatic carbocycles. The maximum absolute atomic E-state index is 13.3. The molecule has 9 heteroatoms. The molecule has 0 spiro atoms. The molecule has 0 bridgehead atoms. The second-order valence-electron chi connectivity index (χ2n) is 8.54. The van der Waals surface area contributed by atoms with E-state index >= 15 is 0 Å². The molecule has 5 heterocycles. The Morgan fingerprint density at radius 3 is 2.79 bits per heavy atom. The van der Waals surface area contributed by atoms with E-state index in [2.05, 4.69) is 12.2 Å². The summed E-state index contributed by atoms with van der Waals surface area (Å²) in [4.78, 5) is 30.1. The lowest BCUT2D eigenvalue weighted by Crippen LogP contribution is -2.32.